The highest BCUT2D eigenvalue weighted by molar-refractivity contribution is 6.31. The molecule has 0 aliphatic heterocycles. The normalized spacial score (nSPS) is 9.86. The second-order valence-corrected chi connectivity index (χ2v) is 3.16. The van der Waals surface area contributed by atoms with Crippen molar-refractivity contribution in [2.24, 2.45) is 5.84 Å². The number of halogens is 1. The summed E-state index contributed by atoms with van der Waals surface area (Å²) in [6, 6.07) is 4.69. The fraction of sp³-hybridized carbons (Fsp3) is 0.125. The molecule has 0 radical (unpaired) electrons. The Labute approximate surface area is 85.8 Å². The van der Waals surface area contributed by atoms with Crippen molar-refractivity contribution >= 4 is 28.9 Å². The number of carboxylic acid groups (broad SMARTS) is 1. The van der Waals surface area contributed by atoms with Crippen LogP contribution in [0.15, 0.2) is 18.2 Å². The Hall–Kier alpha value is -1.46. The van der Waals surface area contributed by atoms with E-state index in [9.17, 15) is 4.79 Å². The predicted molar refractivity (Wildman–Crippen MR) is 55.0 cm³/mol. The molecule has 0 saturated heterocycles. The van der Waals surface area contributed by atoms with E-state index in [1.807, 2.05) is 0 Å². The third-order valence-corrected chi connectivity index (χ3v) is 1.84. The first-order valence-corrected chi connectivity index (χ1v) is 4.17. The van der Waals surface area contributed by atoms with Crippen LogP contribution < -0.4 is 16.6 Å². The Balaban J connectivity index is 2.93. The lowest BCUT2D eigenvalue weighted by Gasteiger charge is -2.18. The summed E-state index contributed by atoms with van der Waals surface area (Å²) in [6.45, 7) is -0.329. The maximum absolute atomic E-state index is 10.4. The number of nitrogens with zero attached hydrogens (tertiary/aromatic N) is 1. The first kappa shape index (κ1) is 10.6. The average Bonchev–Trinajstić information content (AvgIpc) is 2.08. The minimum absolute atomic E-state index is 0.329. The van der Waals surface area contributed by atoms with E-state index in [0.717, 1.165) is 5.01 Å². The molecule has 0 unspecified atom stereocenters. The molecule has 0 spiro atoms. The van der Waals surface area contributed by atoms with E-state index in [-0.39, 0.29) is 6.54 Å². The number of benzene rings is 1. The van der Waals surface area contributed by atoms with Crippen LogP contribution in [0.25, 0.3) is 0 Å². The standard InChI is InChI=1S/C8H10ClN3O2/c9-5-1-2-6(10)7(3-5)12(11)4-8(13)14/h1-3H,4,10-11H2,(H,13,14). The fourth-order valence-corrected chi connectivity index (χ4v) is 1.16. The van der Waals surface area contributed by atoms with Gasteiger partial charge in [-0.05, 0) is 18.2 Å². The zero-order valence-corrected chi connectivity index (χ0v) is 8.03. The van der Waals surface area contributed by atoms with Crippen LogP contribution in [0.5, 0.6) is 0 Å². The summed E-state index contributed by atoms with van der Waals surface area (Å²) < 4.78 is 0. The SMILES string of the molecule is Nc1ccc(Cl)cc1N(N)CC(=O)O. The van der Waals surface area contributed by atoms with Crippen LogP contribution in [-0.2, 0) is 4.79 Å². The monoisotopic (exact) mass is 215 g/mol. The smallest absolute Gasteiger partial charge is 0.324 e. The highest BCUT2D eigenvalue weighted by atomic mass is 35.5. The molecule has 0 fully saturated rings. The molecular weight excluding hydrogens is 206 g/mol. The number of anilines is 2. The minimum Gasteiger partial charge on any atom is -0.480 e. The summed E-state index contributed by atoms with van der Waals surface area (Å²) in [7, 11) is 0. The molecule has 5 nitrogen and oxygen atoms in total. The van der Waals surface area contributed by atoms with E-state index in [0.29, 0.717) is 16.4 Å². The van der Waals surface area contributed by atoms with Crippen LogP contribution in [0.4, 0.5) is 11.4 Å². The second-order valence-electron chi connectivity index (χ2n) is 2.72. The summed E-state index contributed by atoms with van der Waals surface area (Å²) in [6.07, 6.45) is 0. The van der Waals surface area contributed by atoms with Crippen LogP contribution in [0, 0.1) is 0 Å². The van der Waals surface area contributed by atoms with Gasteiger partial charge in [0.25, 0.3) is 0 Å². The molecule has 5 N–H and O–H groups in total. The van der Waals surface area contributed by atoms with Gasteiger partial charge in [-0.3, -0.25) is 9.80 Å². The number of hydrogen-bond acceptors (Lipinski definition) is 4. The van der Waals surface area contributed by atoms with Gasteiger partial charge in [0.2, 0.25) is 0 Å². The van der Waals surface area contributed by atoms with Crippen LogP contribution >= 0.6 is 11.6 Å². The molecule has 1 rings (SSSR count). The molecule has 76 valence electrons. The lowest BCUT2D eigenvalue weighted by molar-refractivity contribution is -0.135. The molecule has 0 atom stereocenters. The first-order valence-electron chi connectivity index (χ1n) is 3.80. The lowest BCUT2D eigenvalue weighted by Crippen LogP contribution is -2.36. The molecule has 0 aliphatic rings. The van der Waals surface area contributed by atoms with Crippen LogP contribution in [0.1, 0.15) is 0 Å². The van der Waals surface area contributed by atoms with Gasteiger partial charge < -0.3 is 10.8 Å². The number of rotatable bonds is 3. The van der Waals surface area contributed by atoms with Gasteiger partial charge in [-0.2, -0.15) is 0 Å². The Morgan fingerprint density at radius 2 is 2.21 bits per heavy atom. The summed E-state index contributed by atoms with van der Waals surface area (Å²) in [5.74, 6) is 4.44. The molecule has 0 aromatic heterocycles. The van der Waals surface area contributed by atoms with Crippen LogP contribution in [0.3, 0.4) is 0 Å². The van der Waals surface area contributed by atoms with Crippen molar-refractivity contribution in [3.63, 3.8) is 0 Å². The summed E-state index contributed by atoms with van der Waals surface area (Å²) in [5.41, 5.74) is 6.38. The van der Waals surface area contributed by atoms with Crippen molar-refractivity contribution < 1.29 is 9.90 Å². The van der Waals surface area contributed by atoms with Crippen LogP contribution in [-0.4, -0.2) is 17.6 Å². The van der Waals surface area contributed by atoms with E-state index in [4.69, 9.17) is 28.3 Å². The van der Waals surface area contributed by atoms with Crippen molar-refractivity contribution in [1.29, 1.82) is 0 Å². The molecule has 0 bridgehead atoms. The molecule has 0 aliphatic carbocycles. The molecular formula is C8H10ClN3O2. The van der Waals surface area contributed by atoms with Crippen molar-refractivity contribution in [2.45, 2.75) is 0 Å². The molecule has 6 heteroatoms. The molecule has 0 heterocycles. The van der Waals surface area contributed by atoms with Gasteiger partial charge in [-0.25, -0.2) is 5.84 Å². The maximum Gasteiger partial charge on any atom is 0.324 e. The lowest BCUT2D eigenvalue weighted by atomic mass is 10.2. The highest BCUT2D eigenvalue weighted by Gasteiger charge is 2.09. The number of nitrogen functional groups attached to an aromatic ring is 1. The van der Waals surface area contributed by atoms with Gasteiger partial charge in [-0.1, -0.05) is 11.6 Å². The van der Waals surface area contributed by atoms with Crippen LogP contribution in [0.2, 0.25) is 5.02 Å². The minimum atomic E-state index is -1.04. The topological polar surface area (TPSA) is 92.6 Å². The quantitative estimate of drug-likeness (QED) is 0.392. The average molecular weight is 216 g/mol. The van der Waals surface area contributed by atoms with E-state index in [1.54, 1.807) is 12.1 Å². The summed E-state index contributed by atoms with van der Waals surface area (Å²) in [4.78, 5) is 10.4. The van der Waals surface area contributed by atoms with Gasteiger partial charge in [-0.15, -0.1) is 0 Å². The Morgan fingerprint density at radius 1 is 1.57 bits per heavy atom. The third-order valence-electron chi connectivity index (χ3n) is 1.61. The molecule has 1 aromatic rings. The number of hydrogen-bond donors (Lipinski definition) is 3. The second kappa shape index (κ2) is 4.17. The molecule has 14 heavy (non-hydrogen) atoms. The van der Waals surface area contributed by atoms with Crippen molar-refractivity contribution in [2.75, 3.05) is 17.3 Å². The first-order chi connectivity index (χ1) is 6.50. The predicted octanol–water partition coefficient (Wildman–Crippen LogP) is 0.687. The van der Waals surface area contributed by atoms with Gasteiger partial charge in [0.05, 0.1) is 11.4 Å². The van der Waals surface area contributed by atoms with E-state index in [2.05, 4.69) is 0 Å². The molecule has 0 saturated carbocycles. The van der Waals surface area contributed by atoms with E-state index < -0.39 is 5.97 Å². The maximum atomic E-state index is 10.4. The Bertz CT molecular complexity index is 356. The fourth-order valence-electron chi connectivity index (χ4n) is 0.996. The number of hydrazine groups is 1. The number of carboxylic acids is 1. The Kier molecular flexibility index (Phi) is 3.16. The van der Waals surface area contributed by atoms with Gasteiger partial charge >= 0.3 is 5.97 Å². The number of aliphatic carboxylic acids is 1. The van der Waals surface area contributed by atoms with Gasteiger partial charge in [0, 0.05) is 5.02 Å². The molecule has 0 amide bonds. The number of nitrogens with two attached hydrogens (primary N) is 2. The highest BCUT2D eigenvalue weighted by Crippen LogP contribution is 2.24. The number of carbonyl (C=O) groups is 1. The molecule has 1 aromatic carbocycles. The van der Waals surface area contributed by atoms with E-state index >= 15 is 0 Å². The largest absolute Gasteiger partial charge is 0.480 e. The van der Waals surface area contributed by atoms with Crippen molar-refractivity contribution in [3.8, 4) is 0 Å². The van der Waals surface area contributed by atoms with Crippen molar-refractivity contribution in [3.05, 3.63) is 23.2 Å². The zero-order valence-electron chi connectivity index (χ0n) is 7.27. The zero-order chi connectivity index (χ0) is 10.7. The Morgan fingerprint density at radius 3 is 2.79 bits per heavy atom. The van der Waals surface area contributed by atoms with Gasteiger partial charge in [0.1, 0.15) is 6.54 Å². The summed E-state index contributed by atoms with van der Waals surface area (Å²) >= 11 is 5.71. The third kappa shape index (κ3) is 2.51. The summed E-state index contributed by atoms with van der Waals surface area (Å²) in [5, 5.41) is 9.99. The van der Waals surface area contributed by atoms with Crippen molar-refractivity contribution in [1.82, 2.24) is 0 Å². The van der Waals surface area contributed by atoms with E-state index in [1.165, 1.54) is 6.07 Å². The van der Waals surface area contributed by atoms with Gasteiger partial charge in [0.15, 0.2) is 0 Å².